The minimum Gasteiger partial charge on any atom is -0.543 e. The Morgan fingerprint density at radius 1 is 0.794 bits per heavy atom. The van der Waals surface area contributed by atoms with Crippen molar-refractivity contribution in [2.75, 3.05) is 33.3 Å². The number of hydrogen-bond donors (Lipinski definition) is 0. The third-order valence-electron chi connectivity index (χ3n) is 11.1. The van der Waals surface area contributed by atoms with Gasteiger partial charge in [-0.25, -0.2) is 4.79 Å². The number of piperidine rings is 1. The first-order chi connectivity index (χ1) is 31.3. The van der Waals surface area contributed by atoms with Crippen LogP contribution in [0, 0.1) is 0 Å². The number of hydrogen-bond acceptors (Lipinski definition) is 15. The third-order valence-corrected chi connectivity index (χ3v) is 16.7. The Labute approximate surface area is 378 Å². The maximum atomic E-state index is 14.7. The number of benzene rings is 3. The largest absolute Gasteiger partial charge is 0.543 e. The number of thiophene rings is 1. The summed E-state index contributed by atoms with van der Waals surface area (Å²) in [6.45, 7) is 9.74. The van der Waals surface area contributed by atoms with Crippen LogP contribution in [0.3, 0.4) is 0 Å². The van der Waals surface area contributed by atoms with E-state index in [2.05, 4.69) is 33.9 Å². The van der Waals surface area contributed by atoms with Crippen LogP contribution in [0.4, 0.5) is 0 Å². The predicted octanol–water partition coefficient (Wildman–Crippen LogP) is 8.12. The molecule has 0 N–H and O–H groups in total. The molecule has 2 saturated heterocycles. The molecule has 2 fully saturated rings. The molecule has 0 amide bonds. The van der Waals surface area contributed by atoms with Crippen molar-refractivity contribution in [1.82, 2.24) is 4.90 Å². The molecular weight excluding hydrogens is 847 g/mol. The van der Waals surface area contributed by atoms with E-state index in [1.807, 2.05) is 18.2 Å². The normalized spacial score (nSPS) is 22.0. The summed E-state index contributed by atoms with van der Waals surface area (Å²) >= 11 is 1.37. The topological polar surface area (TPSA) is 162 Å². The molecule has 0 saturated carbocycles. The van der Waals surface area contributed by atoms with Gasteiger partial charge in [-0.2, -0.15) is 0 Å². The Morgan fingerprint density at radius 3 is 1.98 bits per heavy atom. The fraction of sp³-hybridized carbons (Fsp3) is 0.468. The second-order valence-corrected chi connectivity index (χ2v) is 22.6. The van der Waals surface area contributed by atoms with Crippen molar-refractivity contribution in [2.45, 2.75) is 110 Å². The number of fused-ring (bicyclic) bond motifs is 1. The summed E-state index contributed by atoms with van der Waals surface area (Å²) in [5.41, 5.74) is 1.26. The van der Waals surface area contributed by atoms with Gasteiger partial charge in [0.1, 0.15) is 23.8 Å². The molecule has 63 heavy (non-hydrogen) atoms. The van der Waals surface area contributed by atoms with Gasteiger partial charge in [-0.05, 0) is 116 Å². The van der Waals surface area contributed by atoms with Gasteiger partial charge in [-0.15, -0.1) is 11.3 Å². The van der Waals surface area contributed by atoms with Gasteiger partial charge in [0.2, 0.25) is 20.7 Å². The summed E-state index contributed by atoms with van der Waals surface area (Å²) in [6, 6.07) is 18.1. The summed E-state index contributed by atoms with van der Waals surface area (Å²) < 4.78 is 80.7. The second-order valence-electron chi connectivity index (χ2n) is 16.9. The van der Waals surface area contributed by atoms with Gasteiger partial charge in [-0.3, -0.25) is 24.1 Å². The molecule has 16 heteroatoms. The minimum atomic E-state index is -2.70. The average molecular weight is 908 g/mol. The van der Waals surface area contributed by atoms with Crippen LogP contribution in [0.15, 0.2) is 66.7 Å². The summed E-state index contributed by atoms with van der Waals surface area (Å²) in [5, 5.41) is 0.582. The van der Waals surface area contributed by atoms with Crippen molar-refractivity contribution in [3.63, 3.8) is 0 Å². The number of likely N-dealkylation sites (tertiary alicyclic amines) is 1. The zero-order valence-electron chi connectivity index (χ0n) is 40.9. The zero-order valence-corrected chi connectivity index (χ0v) is 38.8. The van der Waals surface area contributed by atoms with Crippen LogP contribution in [-0.4, -0.2) is 107 Å². The van der Waals surface area contributed by atoms with Crippen molar-refractivity contribution in [1.29, 1.82) is 0 Å². The van der Waals surface area contributed by atoms with Gasteiger partial charge < -0.3 is 37.6 Å². The van der Waals surface area contributed by atoms with Gasteiger partial charge in [0, 0.05) is 56.1 Å². The summed E-state index contributed by atoms with van der Waals surface area (Å²) in [7, 11) is -1.16. The number of ether oxygens (including phenoxy) is 7. The lowest BCUT2D eigenvalue weighted by atomic mass is 9.97. The van der Waals surface area contributed by atoms with Crippen LogP contribution >= 0.6 is 11.3 Å². The summed E-state index contributed by atoms with van der Waals surface area (Å²) in [6.07, 6.45) is -5.39. The van der Waals surface area contributed by atoms with Gasteiger partial charge in [0.25, 0.3) is 0 Å². The van der Waals surface area contributed by atoms with Crippen LogP contribution in [0.25, 0.3) is 20.5 Å². The molecule has 338 valence electrons. The minimum absolute atomic E-state index is 0.0534. The van der Waals surface area contributed by atoms with E-state index >= 15 is 0 Å². The number of methoxy groups -OCH3 is 1. The number of rotatable bonds is 15. The molecule has 3 aromatic carbocycles. The van der Waals surface area contributed by atoms with Crippen LogP contribution in [0.1, 0.15) is 82.2 Å². The standard InChI is InChI=1S/C47H57NO13SSi/c1-28(49)56-40-41(57-29(2)50)43(58-30(3)51)46(60-42(40)45(53)54-7)59-34-19-15-32(16-20-34)44-38(36-22-21-35(27-37(36)62-44)61-63(8,9)47(4,5)6)39(52)31-13-17-33(18-14-31)55-26-25-48-23-11-10-12-24-48/h13-22,27,40-43,46H,10-12,23-26H2,1-9H3/t40-,41-,42-,43+,46+/m0/s1/i25D2,26D2. The number of nitrogens with zero attached hydrogens (tertiary/aromatic N) is 1. The monoisotopic (exact) mass is 907 g/mol. The van der Waals surface area contributed by atoms with Crippen LogP contribution in [0.5, 0.6) is 17.2 Å². The summed E-state index contributed by atoms with van der Waals surface area (Å²) in [5.74, 6) is -2.94. The Balaban J connectivity index is 1.35. The maximum Gasteiger partial charge on any atom is 0.339 e. The zero-order chi connectivity index (χ0) is 49.2. The molecule has 2 aliphatic rings. The summed E-state index contributed by atoms with van der Waals surface area (Å²) in [4.78, 5) is 66.5. The SMILES string of the molecule is [2H]C([2H])(Oc1ccc(C(=O)c2c(-c3ccc(O[C@@H]4O[C@H](C(=O)OC)[C@@H](OC(C)=O)[C@H](OC(C)=O)[C@H]4OC(C)=O)cc3)sc3cc(O[Si](C)(C)C(C)(C)C)ccc23)cc1)C([2H])([2H])N1CCCCC1. The highest BCUT2D eigenvalue weighted by Gasteiger charge is 2.56. The van der Waals surface area contributed by atoms with E-state index in [0.29, 0.717) is 40.2 Å². The fourth-order valence-electron chi connectivity index (χ4n) is 6.98. The van der Waals surface area contributed by atoms with Gasteiger partial charge in [0.15, 0.2) is 24.1 Å². The molecule has 0 radical (unpaired) electrons. The van der Waals surface area contributed by atoms with Crippen molar-refractivity contribution >= 4 is 59.4 Å². The van der Waals surface area contributed by atoms with Crippen molar-refractivity contribution < 1.29 is 67.0 Å². The molecule has 0 unspecified atom stereocenters. The molecule has 6 rings (SSSR count). The molecule has 3 heterocycles. The molecule has 5 atom stereocenters. The number of ketones is 1. The van der Waals surface area contributed by atoms with E-state index in [0.717, 1.165) is 51.8 Å². The van der Waals surface area contributed by atoms with Crippen LogP contribution in [0.2, 0.25) is 18.1 Å². The van der Waals surface area contributed by atoms with Crippen LogP contribution in [-0.2, 0) is 42.9 Å². The van der Waals surface area contributed by atoms with E-state index < -0.39 is 76.0 Å². The molecule has 2 aliphatic heterocycles. The lowest BCUT2D eigenvalue weighted by Crippen LogP contribution is -2.64. The Bertz CT molecular complexity index is 2470. The molecule has 14 nitrogen and oxygen atoms in total. The highest BCUT2D eigenvalue weighted by atomic mass is 32.1. The van der Waals surface area contributed by atoms with E-state index in [1.54, 1.807) is 24.3 Å². The van der Waals surface area contributed by atoms with Gasteiger partial charge in [-0.1, -0.05) is 27.2 Å². The predicted molar refractivity (Wildman–Crippen MR) is 239 cm³/mol. The highest BCUT2D eigenvalue weighted by Crippen LogP contribution is 2.44. The first-order valence-electron chi connectivity index (χ1n) is 22.7. The maximum absolute atomic E-state index is 14.7. The van der Waals surface area contributed by atoms with Crippen molar-refractivity contribution in [3.8, 4) is 27.7 Å². The molecule has 1 aromatic heterocycles. The molecule has 0 spiro atoms. The molecule has 4 aromatic rings. The quantitative estimate of drug-likeness (QED) is 0.0487. The lowest BCUT2D eigenvalue weighted by Gasteiger charge is -2.43. The van der Waals surface area contributed by atoms with Crippen molar-refractivity contribution in [3.05, 3.63) is 77.9 Å². The van der Waals surface area contributed by atoms with Crippen LogP contribution < -0.4 is 13.9 Å². The number of carbonyl (C=O) groups excluding carboxylic acids is 5. The van der Waals surface area contributed by atoms with E-state index in [9.17, 15) is 24.0 Å². The molecule has 0 bridgehead atoms. The van der Waals surface area contributed by atoms with E-state index in [1.165, 1.54) is 40.5 Å². The van der Waals surface area contributed by atoms with Gasteiger partial charge >= 0.3 is 23.9 Å². The molecule has 0 aliphatic carbocycles. The first kappa shape index (κ1) is 41.7. The Kier molecular flexibility index (Phi) is 13.3. The van der Waals surface area contributed by atoms with E-state index in [-0.39, 0.29) is 27.9 Å². The molecular formula is C47H57NO13SSi. The number of esters is 4. The third kappa shape index (κ3) is 11.5. The fourth-order valence-corrected chi connectivity index (χ4v) is 9.24. The highest BCUT2D eigenvalue weighted by molar-refractivity contribution is 7.22. The number of carbonyl (C=O) groups is 5. The second kappa shape index (κ2) is 20.0. The van der Waals surface area contributed by atoms with Gasteiger partial charge in [0.05, 0.1) is 9.85 Å². The van der Waals surface area contributed by atoms with Crippen molar-refractivity contribution in [2.24, 2.45) is 0 Å². The average Bonchev–Trinajstić information content (AvgIpc) is 3.63. The Hall–Kier alpha value is -5.29. The smallest absolute Gasteiger partial charge is 0.339 e. The van der Waals surface area contributed by atoms with E-state index in [4.69, 9.17) is 43.1 Å². The lowest BCUT2D eigenvalue weighted by molar-refractivity contribution is -0.282. The first-order valence-corrected chi connectivity index (χ1v) is 24.4. The Morgan fingerprint density at radius 2 is 1.38 bits per heavy atom.